The lowest BCUT2D eigenvalue weighted by Crippen LogP contribution is -2.45. The van der Waals surface area contributed by atoms with Gasteiger partial charge in [0.2, 0.25) is 5.84 Å². The maximum atomic E-state index is 15.1. The second-order valence-electron chi connectivity index (χ2n) is 8.99. The van der Waals surface area contributed by atoms with Crippen molar-refractivity contribution in [2.45, 2.75) is 31.8 Å². The maximum Gasteiger partial charge on any atom is 0.290 e. The predicted molar refractivity (Wildman–Crippen MR) is 129 cm³/mol. The molecule has 1 aromatic carbocycles. The summed E-state index contributed by atoms with van der Waals surface area (Å²) in [5.41, 5.74) is 5.10. The zero-order valence-electron chi connectivity index (χ0n) is 20.5. The van der Waals surface area contributed by atoms with Crippen LogP contribution in [-0.2, 0) is 17.9 Å². The highest BCUT2D eigenvalue weighted by molar-refractivity contribution is 6.37. The number of hydrogen-bond donors (Lipinski definition) is 2. The standard InChI is InChI=1S/C23H23F2N11O2/c1-33-29-21(23(37)26-8-16-18(35-12-27-31-32-35)5-6-19(38-2)20(16)25)30-36(33)11-15-10-34-9-14(13-3-4-13)7-17(24)22(34)28-15/h5-7,9-10,12-13H,3-4,8,11H2,1-2H3,(H,26,37)(H,29,30). The topological polar surface area (TPSA) is 130 Å². The van der Waals surface area contributed by atoms with Gasteiger partial charge in [-0.1, -0.05) is 0 Å². The molecule has 1 aliphatic carbocycles. The van der Waals surface area contributed by atoms with Crippen LogP contribution in [0.5, 0.6) is 5.75 Å². The molecular weight excluding hydrogens is 500 g/mol. The van der Waals surface area contributed by atoms with Crippen molar-refractivity contribution in [3.63, 3.8) is 0 Å². The van der Waals surface area contributed by atoms with Crippen LogP contribution < -0.4 is 15.5 Å². The van der Waals surface area contributed by atoms with Gasteiger partial charge in [-0.2, -0.15) is 0 Å². The first-order valence-electron chi connectivity index (χ1n) is 11.8. The summed E-state index contributed by atoms with van der Waals surface area (Å²) in [6.07, 6.45) is 7.11. The Morgan fingerprint density at radius 3 is 2.84 bits per heavy atom. The molecule has 4 aromatic rings. The van der Waals surface area contributed by atoms with E-state index in [0.29, 0.717) is 17.3 Å². The third-order valence-electron chi connectivity index (χ3n) is 6.40. The molecule has 1 saturated carbocycles. The van der Waals surface area contributed by atoms with Crippen LogP contribution in [0.1, 0.15) is 35.6 Å². The van der Waals surface area contributed by atoms with Gasteiger partial charge in [0.15, 0.2) is 23.0 Å². The SMILES string of the molecule is COc1ccc(-n2cnnn2)c(CNC(=O)C2=NN(Cc3cn4cc(C5CC5)cc(F)c4n3)N(C)N2)c1F. The number of nitrogens with one attached hydrogen (secondary N) is 2. The average molecular weight is 524 g/mol. The highest BCUT2D eigenvalue weighted by Gasteiger charge is 2.28. The largest absolute Gasteiger partial charge is 0.494 e. The molecule has 0 saturated heterocycles. The number of benzene rings is 1. The first-order valence-corrected chi connectivity index (χ1v) is 11.8. The molecular formula is C23H23F2N11O2. The lowest BCUT2D eigenvalue weighted by Gasteiger charge is -2.20. The number of hydrazine groups is 2. The molecule has 13 nitrogen and oxygen atoms in total. The van der Waals surface area contributed by atoms with Gasteiger partial charge in [-0.25, -0.2) is 23.6 Å². The molecule has 1 aliphatic heterocycles. The van der Waals surface area contributed by atoms with Crippen molar-refractivity contribution in [3.05, 3.63) is 65.4 Å². The zero-order valence-corrected chi connectivity index (χ0v) is 20.5. The number of rotatable bonds is 8. The van der Waals surface area contributed by atoms with Gasteiger partial charge in [-0.15, -0.1) is 15.3 Å². The molecule has 38 heavy (non-hydrogen) atoms. The van der Waals surface area contributed by atoms with Crippen molar-refractivity contribution < 1.29 is 18.3 Å². The first kappa shape index (κ1) is 23.7. The lowest BCUT2D eigenvalue weighted by molar-refractivity contribution is -0.115. The molecule has 196 valence electrons. The minimum Gasteiger partial charge on any atom is -0.494 e. The van der Waals surface area contributed by atoms with Crippen molar-refractivity contribution in [3.8, 4) is 11.4 Å². The fraction of sp³-hybridized carbons (Fsp3) is 0.304. The van der Waals surface area contributed by atoms with Gasteiger partial charge in [0.1, 0.15) is 6.33 Å². The van der Waals surface area contributed by atoms with Crippen molar-refractivity contribution >= 4 is 17.4 Å². The fourth-order valence-corrected chi connectivity index (χ4v) is 4.30. The summed E-state index contributed by atoms with van der Waals surface area (Å²) in [4.78, 5) is 17.3. The van der Waals surface area contributed by atoms with Gasteiger partial charge in [0.25, 0.3) is 5.91 Å². The number of aromatic nitrogens is 6. The van der Waals surface area contributed by atoms with Crippen molar-refractivity contribution in [2.75, 3.05) is 14.2 Å². The molecule has 0 atom stereocenters. The van der Waals surface area contributed by atoms with Gasteiger partial charge in [0, 0.05) is 31.5 Å². The molecule has 1 fully saturated rings. The summed E-state index contributed by atoms with van der Waals surface area (Å²) in [5.74, 6) is -1.17. The van der Waals surface area contributed by atoms with E-state index < -0.39 is 11.7 Å². The van der Waals surface area contributed by atoms with Crippen LogP contribution in [0.2, 0.25) is 0 Å². The van der Waals surface area contributed by atoms with Crippen LogP contribution in [0.15, 0.2) is 42.0 Å². The van der Waals surface area contributed by atoms with E-state index in [-0.39, 0.29) is 41.7 Å². The van der Waals surface area contributed by atoms with E-state index in [2.05, 4.69) is 36.4 Å². The average Bonchev–Trinajstić information content (AvgIpc) is 3.27. The maximum absolute atomic E-state index is 15.1. The van der Waals surface area contributed by atoms with Crippen molar-refractivity contribution in [1.29, 1.82) is 0 Å². The summed E-state index contributed by atoms with van der Waals surface area (Å²) in [5, 5.41) is 20.9. The monoisotopic (exact) mass is 523 g/mol. The smallest absolute Gasteiger partial charge is 0.290 e. The van der Waals surface area contributed by atoms with E-state index in [4.69, 9.17) is 4.74 Å². The van der Waals surface area contributed by atoms with E-state index in [1.165, 1.54) is 34.4 Å². The second kappa shape index (κ2) is 9.33. The van der Waals surface area contributed by atoms with E-state index in [0.717, 1.165) is 18.4 Å². The molecule has 0 bridgehead atoms. The predicted octanol–water partition coefficient (Wildman–Crippen LogP) is 1.27. The molecule has 0 radical (unpaired) electrons. The lowest BCUT2D eigenvalue weighted by atomic mass is 10.1. The minimum absolute atomic E-state index is 0.00857. The van der Waals surface area contributed by atoms with Crippen LogP contribution in [0.25, 0.3) is 11.3 Å². The molecule has 2 N–H and O–H groups in total. The summed E-state index contributed by atoms with van der Waals surface area (Å²) in [6, 6.07) is 4.58. The van der Waals surface area contributed by atoms with Gasteiger partial charge >= 0.3 is 0 Å². The number of amidine groups is 1. The molecule has 15 heteroatoms. The van der Waals surface area contributed by atoms with Gasteiger partial charge in [0.05, 0.1) is 25.0 Å². The second-order valence-corrected chi connectivity index (χ2v) is 8.99. The van der Waals surface area contributed by atoms with Crippen LogP contribution in [-0.4, -0.2) is 65.7 Å². The number of halogens is 2. The minimum atomic E-state index is -0.648. The van der Waals surface area contributed by atoms with Crippen LogP contribution in [0.3, 0.4) is 0 Å². The van der Waals surface area contributed by atoms with Crippen LogP contribution >= 0.6 is 0 Å². The van der Waals surface area contributed by atoms with E-state index in [9.17, 15) is 9.18 Å². The Morgan fingerprint density at radius 1 is 1.26 bits per heavy atom. The number of carbonyl (C=O) groups excluding carboxylic acids is 1. The number of imidazole rings is 1. The van der Waals surface area contributed by atoms with Crippen molar-refractivity contribution in [2.24, 2.45) is 5.10 Å². The Balaban J connectivity index is 1.17. The number of ether oxygens (including phenoxy) is 1. The molecule has 1 amide bonds. The number of hydrogen-bond acceptors (Lipinski definition) is 10. The normalized spacial score (nSPS) is 15.6. The molecule has 0 spiro atoms. The van der Waals surface area contributed by atoms with Gasteiger partial charge in [-0.3, -0.25) is 10.2 Å². The third-order valence-corrected chi connectivity index (χ3v) is 6.40. The quantitative estimate of drug-likeness (QED) is 0.351. The Hall–Kier alpha value is -4.66. The van der Waals surface area contributed by atoms with Crippen LogP contribution in [0, 0.1) is 11.6 Å². The van der Waals surface area contributed by atoms with E-state index in [1.807, 2.05) is 6.20 Å². The van der Waals surface area contributed by atoms with Gasteiger partial charge in [-0.05, 0) is 52.9 Å². The summed E-state index contributed by atoms with van der Waals surface area (Å²) < 4.78 is 37.7. The number of amides is 1. The Morgan fingerprint density at radius 2 is 2.11 bits per heavy atom. The number of fused-ring (bicyclic) bond motifs is 1. The highest BCUT2D eigenvalue weighted by Crippen LogP contribution is 2.40. The summed E-state index contributed by atoms with van der Waals surface area (Å²) >= 11 is 0. The summed E-state index contributed by atoms with van der Waals surface area (Å²) in [6.45, 7) is 0.00460. The zero-order chi connectivity index (χ0) is 26.4. The fourth-order valence-electron chi connectivity index (χ4n) is 4.30. The number of methoxy groups -OCH3 is 1. The number of nitrogens with zero attached hydrogens (tertiary/aromatic N) is 9. The first-order chi connectivity index (χ1) is 18.4. The Kier molecular flexibility index (Phi) is 5.83. The van der Waals surface area contributed by atoms with Gasteiger partial charge < -0.3 is 14.5 Å². The molecule has 2 aliphatic rings. The molecule has 3 aromatic heterocycles. The molecule has 6 rings (SSSR count). The van der Waals surface area contributed by atoms with Crippen molar-refractivity contribution in [1.82, 2.24) is 50.6 Å². The summed E-state index contributed by atoms with van der Waals surface area (Å²) in [7, 11) is 3.02. The van der Waals surface area contributed by atoms with E-state index >= 15 is 4.39 Å². The van der Waals surface area contributed by atoms with E-state index in [1.54, 1.807) is 29.8 Å². The number of carbonyl (C=O) groups is 1. The van der Waals surface area contributed by atoms with Crippen LogP contribution in [0.4, 0.5) is 8.78 Å². The third kappa shape index (κ3) is 4.36. The molecule has 4 heterocycles. The highest BCUT2D eigenvalue weighted by atomic mass is 19.1. The Labute approximate surface area is 214 Å². The number of hydrazone groups is 1. The molecule has 0 unspecified atom stereocenters. The Bertz CT molecular complexity index is 1550. The number of pyridine rings is 1. The number of tetrazole rings is 1.